The van der Waals surface area contributed by atoms with Gasteiger partial charge in [-0.3, -0.25) is 9.69 Å². The van der Waals surface area contributed by atoms with Crippen LogP contribution in [-0.2, 0) is 14.3 Å². The van der Waals surface area contributed by atoms with Crippen molar-refractivity contribution >= 4 is 34.8 Å². The predicted molar refractivity (Wildman–Crippen MR) is 89.9 cm³/mol. The molecular formula is C15H22Cl2N2O3. The summed E-state index contributed by atoms with van der Waals surface area (Å²) in [6, 6.07) is 4.97. The third-order valence-electron chi connectivity index (χ3n) is 3.01. The average Bonchev–Trinajstić information content (AvgIpc) is 2.47. The van der Waals surface area contributed by atoms with E-state index in [9.17, 15) is 4.79 Å². The molecule has 5 nitrogen and oxygen atoms in total. The first-order chi connectivity index (χ1) is 10.6. The molecule has 1 N–H and O–H groups in total. The van der Waals surface area contributed by atoms with Crippen LogP contribution in [0, 0.1) is 0 Å². The van der Waals surface area contributed by atoms with Crippen molar-refractivity contribution < 1.29 is 14.3 Å². The van der Waals surface area contributed by atoms with Crippen LogP contribution in [0.25, 0.3) is 0 Å². The fourth-order valence-corrected chi connectivity index (χ4v) is 2.36. The highest BCUT2D eigenvalue weighted by Crippen LogP contribution is 2.25. The monoisotopic (exact) mass is 348 g/mol. The Morgan fingerprint density at radius 2 is 1.91 bits per heavy atom. The van der Waals surface area contributed by atoms with Crippen LogP contribution in [0.1, 0.15) is 6.42 Å². The number of anilines is 1. The van der Waals surface area contributed by atoms with Gasteiger partial charge in [-0.15, -0.1) is 0 Å². The van der Waals surface area contributed by atoms with Gasteiger partial charge in [-0.1, -0.05) is 23.2 Å². The minimum absolute atomic E-state index is 0.127. The molecule has 0 heterocycles. The molecule has 1 rings (SSSR count). The predicted octanol–water partition coefficient (Wildman–Crippen LogP) is 2.92. The molecule has 0 aliphatic rings. The number of ether oxygens (including phenoxy) is 2. The number of nitrogens with zero attached hydrogens (tertiary/aromatic N) is 1. The quantitative estimate of drug-likeness (QED) is 0.660. The minimum Gasteiger partial charge on any atom is -0.385 e. The van der Waals surface area contributed by atoms with E-state index in [1.807, 2.05) is 4.90 Å². The molecule has 1 aromatic carbocycles. The largest absolute Gasteiger partial charge is 0.385 e. The van der Waals surface area contributed by atoms with Gasteiger partial charge in [0.2, 0.25) is 5.91 Å². The maximum atomic E-state index is 12.1. The number of hydrogen-bond acceptors (Lipinski definition) is 4. The summed E-state index contributed by atoms with van der Waals surface area (Å²) in [5.41, 5.74) is 0.555. The maximum Gasteiger partial charge on any atom is 0.238 e. The van der Waals surface area contributed by atoms with E-state index in [2.05, 4.69) is 5.32 Å². The zero-order valence-electron chi connectivity index (χ0n) is 12.9. The number of methoxy groups -OCH3 is 2. The molecule has 1 aromatic rings. The standard InChI is InChI=1S/C15H22Cl2N2O3/c1-21-8-3-6-19(7-9-22-2)11-15(20)18-14-5-4-12(16)10-13(14)17/h4-5,10H,3,6-9,11H2,1-2H3,(H,18,20). The summed E-state index contributed by atoms with van der Waals surface area (Å²) < 4.78 is 10.1. The number of benzene rings is 1. The second-order valence-corrected chi connectivity index (χ2v) is 5.63. The van der Waals surface area contributed by atoms with Crippen molar-refractivity contribution in [2.24, 2.45) is 0 Å². The normalized spacial score (nSPS) is 11.0. The van der Waals surface area contributed by atoms with E-state index >= 15 is 0 Å². The highest BCUT2D eigenvalue weighted by Gasteiger charge is 2.12. The smallest absolute Gasteiger partial charge is 0.238 e. The number of nitrogens with one attached hydrogen (secondary N) is 1. The lowest BCUT2D eigenvalue weighted by molar-refractivity contribution is -0.117. The molecule has 22 heavy (non-hydrogen) atoms. The molecule has 7 heteroatoms. The molecule has 0 bridgehead atoms. The molecule has 124 valence electrons. The Morgan fingerprint density at radius 1 is 1.18 bits per heavy atom. The number of amides is 1. The van der Waals surface area contributed by atoms with Crippen LogP contribution in [0.3, 0.4) is 0 Å². The molecule has 1 amide bonds. The Balaban J connectivity index is 2.53. The molecule has 0 spiro atoms. The molecule has 0 aliphatic carbocycles. The number of rotatable bonds is 10. The summed E-state index contributed by atoms with van der Waals surface area (Å²) in [5, 5.41) is 3.74. The highest BCUT2D eigenvalue weighted by atomic mass is 35.5. The Morgan fingerprint density at radius 3 is 2.55 bits per heavy atom. The summed E-state index contributed by atoms with van der Waals surface area (Å²) in [4.78, 5) is 14.2. The van der Waals surface area contributed by atoms with Crippen LogP contribution >= 0.6 is 23.2 Å². The van der Waals surface area contributed by atoms with Gasteiger partial charge in [0.25, 0.3) is 0 Å². The van der Waals surface area contributed by atoms with E-state index < -0.39 is 0 Å². The first-order valence-corrected chi connectivity index (χ1v) is 7.77. The zero-order valence-corrected chi connectivity index (χ0v) is 14.4. The number of hydrogen-bond donors (Lipinski definition) is 1. The van der Waals surface area contributed by atoms with E-state index in [1.165, 1.54) is 0 Å². The maximum absolute atomic E-state index is 12.1. The van der Waals surface area contributed by atoms with Crippen LogP contribution in [-0.4, -0.2) is 57.9 Å². The van der Waals surface area contributed by atoms with E-state index in [0.717, 1.165) is 13.0 Å². The van der Waals surface area contributed by atoms with E-state index in [1.54, 1.807) is 32.4 Å². The Labute approximate surface area is 141 Å². The van der Waals surface area contributed by atoms with Crippen molar-refractivity contribution in [1.82, 2.24) is 4.90 Å². The van der Waals surface area contributed by atoms with E-state index in [4.69, 9.17) is 32.7 Å². The molecule has 0 aliphatic heterocycles. The Kier molecular flexibility index (Phi) is 9.43. The van der Waals surface area contributed by atoms with Gasteiger partial charge in [-0.2, -0.15) is 0 Å². The van der Waals surface area contributed by atoms with Gasteiger partial charge in [0, 0.05) is 38.9 Å². The van der Waals surface area contributed by atoms with Crippen molar-refractivity contribution in [3.05, 3.63) is 28.2 Å². The van der Waals surface area contributed by atoms with Crippen molar-refractivity contribution in [2.75, 3.05) is 52.4 Å². The SMILES string of the molecule is COCCCN(CCOC)CC(=O)Nc1ccc(Cl)cc1Cl. The molecular weight excluding hydrogens is 327 g/mol. The first-order valence-electron chi connectivity index (χ1n) is 7.02. The minimum atomic E-state index is -0.127. The zero-order chi connectivity index (χ0) is 16.4. The Bertz CT molecular complexity index is 472. The highest BCUT2D eigenvalue weighted by molar-refractivity contribution is 6.36. The first kappa shape index (κ1) is 19.2. The fraction of sp³-hybridized carbons (Fsp3) is 0.533. The van der Waals surface area contributed by atoms with Gasteiger partial charge < -0.3 is 14.8 Å². The third-order valence-corrected chi connectivity index (χ3v) is 3.55. The molecule has 0 saturated heterocycles. The molecule has 0 fully saturated rings. The molecule has 0 unspecified atom stereocenters. The van der Waals surface area contributed by atoms with Gasteiger partial charge in [0.15, 0.2) is 0 Å². The van der Waals surface area contributed by atoms with Gasteiger partial charge in [-0.05, 0) is 24.6 Å². The molecule has 0 atom stereocenters. The van der Waals surface area contributed by atoms with Gasteiger partial charge in [0.05, 0.1) is 23.9 Å². The third kappa shape index (κ3) is 7.42. The molecule has 0 saturated carbocycles. The van der Waals surface area contributed by atoms with Crippen LogP contribution in [0.2, 0.25) is 10.0 Å². The topological polar surface area (TPSA) is 50.8 Å². The van der Waals surface area contributed by atoms with Gasteiger partial charge in [0.1, 0.15) is 0 Å². The lowest BCUT2D eigenvalue weighted by atomic mass is 10.3. The van der Waals surface area contributed by atoms with Crippen molar-refractivity contribution in [2.45, 2.75) is 6.42 Å². The molecule has 0 aromatic heterocycles. The van der Waals surface area contributed by atoms with Crippen LogP contribution in [0.4, 0.5) is 5.69 Å². The van der Waals surface area contributed by atoms with Crippen molar-refractivity contribution in [3.8, 4) is 0 Å². The number of carbonyl (C=O) groups is 1. The fourth-order valence-electron chi connectivity index (χ4n) is 1.91. The number of halogens is 2. The summed E-state index contributed by atoms with van der Waals surface area (Å²) >= 11 is 11.9. The van der Waals surface area contributed by atoms with E-state index in [0.29, 0.717) is 35.5 Å². The summed E-state index contributed by atoms with van der Waals surface area (Å²) in [6.07, 6.45) is 0.856. The van der Waals surface area contributed by atoms with Gasteiger partial charge in [-0.25, -0.2) is 0 Å². The van der Waals surface area contributed by atoms with Gasteiger partial charge >= 0.3 is 0 Å². The average molecular weight is 349 g/mol. The summed E-state index contributed by atoms with van der Waals surface area (Å²) in [6.45, 7) is 2.95. The summed E-state index contributed by atoms with van der Waals surface area (Å²) in [5.74, 6) is -0.127. The van der Waals surface area contributed by atoms with Crippen molar-refractivity contribution in [3.63, 3.8) is 0 Å². The van der Waals surface area contributed by atoms with Crippen LogP contribution in [0.5, 0.6) is 0 Å². The Hall–Kier alpha value is -0.850. The number of carbonyl (C=O) groups excluding carboxylic acids is 1. The summed E-state index contributed by atoms with van der Waals surface area (Å²) in [7, 11) is 3.30. The molecule has 0 radical (unpaired) electrons. The lowest BCUT2D eigenvalue weighted by Crippen LogP contribution is -2.36. The second kappa shape index (κ2) is 10.8. The van der Waals surface area contributed by atoms with Crippen molar-refractivity contribution in [1.29, 1.82) is 0 Å². The van der Waals surface area contributed by atoms with E-state index in [-0.39, 0.29) is 12.5 Å². The second-order valence-electron chi connectivity index (χ2n) is 4.79. The lowest BCUT2D eigenvalue weighted by Gasteiger charge is -2.21. The van der Waals surface area contributed by atoms with Crippen LogP contribution < -0.4 is 5.32 Å². The van der Waals surface area contributed by atoms with Crippen LogP contribution in [0.15, 0.2) is 18.2 Å².